The highest BCUT2D eigenvalue weighted by atomic mass is 35.5. The number of hydrogen-bond acceptors (Lipinski definition) is 5. The normalized spacial score (nSPS) is 15.0. The fourth-order valence-corrected chi connectivity index (χ4v) is 2.51. The molecule has 0 radical (unpaired) electrons. The minimum atomic E-state index is 0. The van der Waals surface area contributed by atoms with E-state index in [-0.39, 0.29) is 12.4 Å². The van der Waals surface area contributed by atoms with Crippen molar-refractivity contribution in [3.8, 4) is 17.2 Å². The second kappa shape index (κ2) is 8.70. The third kappa shape index (κ3) is 4.18. The maximum Gasteiger partial charge on any atom is 0.209 e. The lowest BCUT2D eigenvalue weighted by molar-refractivity contribution is -0.119. The highest BCUT2D eigenvalue weighted by Gasteiger charge is 2.18. The van der Waals surface area contributed by atoms with Crippen molar-refractivity contribution in [3.05, 3.63) is 17.7 Å². The lowest BCUT2D eigenvalue weighted by atomic mass is 10.1. The second-order valence-corrected chi connectivity index (χ2v) is 4.95. The van der Waals surface area contributed by atoms with Gasteiger partial charge in [0.05, 0.1) is 21.3 Å². The van der Waals surface area contributed by atoms with Crippen molar-refractivity contribution in [1.82, 2.24) is 9.80 Å². The SMILES string of the molecule is COc1cc(CN2CCN(C=O)CC2)cc(OC)c1OC.Cl. The maximum atomic E-state index is 10.7. The van der Waals surface area contributed by atoms with Crippen LogP contribution in [0.15, 0.2) is 12.1 Å². The summed E-state index contributed by atoms with van der Waals surface area (Å²) in [5, 5.41) is 0. The van der Waals surface area contributed by atoms with Crippen LogP contribution in [-0.4, -0.2) is 63.7 Å². The molecule has 0 N–H and O–H groups in total. The molecule has 0 saturated carbocycles. The molecule has 1 aromatic rings. The molecule has 1 amide bonds. The number of hydrogen-bond donors (Lipinski definition) is 0. The van der Waals surface area contributed by atoms with Crippen LogP contribution in [0.25, 0.3) is 0 Å². The van der Waals surface area contributed by atoms with Crippen molar-refractivity contribution >= 4 is 18.8 Å². The number of halogens is 1. The Morgan fingerprint density at radius 1 is 1.00 bits per heavy atom. The van der Waals surface area contributed by atoms with E-state index in [0.29, 0.717) is 17.2 Å². The molecule has 0 aromatic heterocycles. The van der Waals surface area contributed by atoms with E-state index in [9.17, 15) is 4.79 Å². The van der Waals surface area contributed by atoms with Gasteiger partial charge in [-0.25, -0.2) is 0 Å². The summed E-state index contributed by atoms with van der Waals surface area (Å²) in [5.74, 6) is 1.94. The molecule has 0 spiro atoms. The Labute approximate surface area is 137 Å². The monoisotopic (exact) mass is 330 g/mol. The fourth-order valence-electron chi connectivity index (χ4n) is 2.51. The van der Waals surface area contributed by atoms with E-state index in [1.165, 1.54) is 0 Å². The van der Waals surface area contributed by atoms with Crippen LogP contribution in [-0.2, 0) is 11.3 Å². The molecular weight excluding hydrogens is 308 g/mol. The first-order valence-electron chi connectivity index (χ1n) is 6.92. The molecule has 6 nitrogen and oxygen atoms in total. The van der Waals surface area contributed by atoms with Crippen molar-refractivity contribution in [2.24, 2.45) is 0 Å². The fraction of sp³-hybridized carbons (Fsp3) is 0.533. The van der Waals surface area contributed by atoms with Crippen LogP contribution in [0.3, 0.4) is 0 Å². The van der Waals surface area contributed by atoms with Crippen LogP contribution in [0.2, 0.25) is 0 Å². The van der Waals surface area contributed by atoms with Crippen LogP contribution < -0.4 is 14.2 Å². The summed E-state index contributed by atoms with van der Waals surface area (Å²) in [6, 6.07) is 3.93. The van der Waals surface area contributed by atoms with Gasteiger partial charge in [0.2, 0.25) is 12.2 Å². The first-order chi connectivity index (χ1) is 10.2. The highest BCUT2D eigenvalue weighted by molar-refractivity contribution is 5.85. The molecule has 7 heteroatoms. The van der Waals surface area contributed by atoms with Crippen molar-refractivity contribution in [3.63, 3.8) is 0 Å². The minimum Gasteiger partial charge on any atom is -0.493 e. The van der Waals surface area contributed by atoms with Gasteiger partial charge in [0.1, 0.15) is 0 Å². The average Bonchev–Trinajstić information content (AvgIpc) is 2.54. The van der Waals surface area contributed by atoms with Crippen LogP contribution in [0.4, 0.5) is 0 Å². The molecular formula is C15H23ClN2O4. The third-order valence-electron chi connectivity index (χ3n) is 3.69. The Balaban J connectivity index is 0.00000242. The number of carbonyl (C=O) groups excluding carboxylic acids is 1. The Bertz CT molecular complexity index is 465. The Morgan fingerprint density at radius 2 is 1.55 bits per heavy atom. The van der Waals surface area contributed by atoms with E-state index in [1.807, 2.05) is 12.1 Å². The van der Waals surface area contributed by atoms with E-state index < -0.39 is 0 Å². The predicted molar refractivity (Wildman–Crippen MR) is 86.3 cm³/mol. The average molecular weight is 331 g/mol. The predicted octanol–water partition coefficient (Wildman–Crippen LogP) is 1.41. The van der Waals surface area contributed by atoms with Gasteiger partial charge in [-0.3, -0.25) is 9.69 Å². The van der Waals surface area contributed by atoms with E-state index >= 15 is 0 Å². The summed E-state index contributed by atoms with van der Waals surface area (Å²) in [7, 11) is 4.83. The molecule has 0 atom stereocenters. The van der Waals surface area contributed by atoms with Crippen molar-refractivity contribution in [2.45, 2.75) is 6.54 Å². The van der Waals surface area contributed by atoms with Gasteiger partial charge >= 0.3 is 0 Å². The molecule has 0 unspecified atom stereocenters. The lowest BCUT2D eigenvalue weighted by Crippen LogP contribution is -2.45. The molecule has 0 bridgehead atoms. The van der Waals surface area contributed by atoms with Gasteiger partial charge < -0.3 is 19.1 Å². The summed E-state index contributed by atoms with van der Waals surface area (Å²) in [6.45, 7) is 4.08. The topological polar surface area (TPSA) is 51.2 Å². The quantitative estimate of drug-likeness (QED) is 0.738. The minimum absolute atomic E-state index is 0. The van der Waals surface area contributed by atoms with Crippen LogP contribution >= 0.6 is 12.4 Å². The summed E-state index contributed by atoms with van der Waals surface area (Å²) in [6.07, 6.45) is 0.913. The Kier molecular flexibility index (Phi) is 7.27. The van der Waals surface area contributed by atoms with Crippen molar-refractivity contribution in [1.29, 1.82) is 0 Å². The number of carbonyl (C=O) groups is 1. The molecule has 0 aliphatic carbocycles. The number of benzene rings is 1. The molecule has 1 aliphatic rings. The largest absolute Gasteiger partial charge is 0.493 e. The molecule has 1 heterocycles. The first-order valence-corrected chi connectivity index (χ1v) is 6.92. The second-order valence-electron chi connectivity index (χ2n) is 4.95. The maximum absolute atomic E-state index is 10.7. The van der Waals surface area contributed by atoms with Gasteiger partial charge in [-0.15, -0.1) is 12.4 Å². The number of amides is 1. The lowest BCUT2D eigenvalue weighted by Gasteiger charge is -2.32. The number of piperazine rings is 1. The molecule has 22 heavy (non-hydrogen) atoms. The van der Waals surface area contributed by atoms with Gasteiger partial charge in [-0.1, -0.05) is 0 Å². The van der Waals surface area contributed by atoms with Gasteiger partial charge in [0.15, 0.2) is 11.5 Å². The summed E-state index contributed by atoms with van der Waals surface area (Å²) in [4.78, 5) is 14.8. The summed E-state index contributed by atoms with van der Waals surface area (Å²) >= 11 is 0. The Morgan fingerprint density at radius 3 is 1.95 bits per heavy atom. The van der Waals surface area contributed by atoms with Gasteiger partial charge in [0, 0.05) is 32.7 Å². The van der Waals surface area contributed by atoms with Gasteiger partial charge in [-0.05, 0) is 17.7 Å². The number of methoxy groups -OCH3 is 3. The molecule has 1 saturated heterocycles. The molecule has 2 rings (SSSR count). The van der Waals surface area contributed by atoms with E-state index in [1.54, 1.807) is 26.2 Å². The standard InChI is InChI=1S/C15H22N2O4.ClH/c1-19-13-8-12(9-14(20-2)15(13)21-3)10-16-4-6-17(11-18)7-5-16;/h8-9,11H,4-7,10H2,1-3H3;1H. The van der Waals surface area contributed by atoms with E-state index in [0.717, 1.165) is 44.7 Å². The molecule has 1 aliphatic heterocycles. The van der Waals surface area contributed by atoms with Crippen LogP contribution in [0.5, 0.6) is 17.2 Å². The number of nitrogens with zero attached hydrogens (tertiary/aromatic N) is 2. The van der Waals surface area contributed by atoms with Gasteiger partial charge in [0.25, 0.3) is 0 Å². The third-order valence-corrected chi connectivity index (χ3v) is 3.69. The molecule has 124 valence electrons. The van der Waals surface area contributed by atoms with Crippen molar-refractivity contribution in [2.75, 3.05) is 47.5 Å². The molecule has 1 aromatic carbocycles. The van der Waals surface area contributed by atoms with Crippen LogP contribution in [0.1, 0.15) is 5.56 Å². The molecule has 1 fully saturated rings. The van der Waals surface area contributed by atoms with Gasteiger partial charge in [-0.2, -0.15) is 0 Å². The number of ether oxygens (including phenoxy) is 3. The van der Waals surface area contributed by atoms with E-state index in [4.69, 9.17) is 14.2 Å². The number of rotatable bonds is 6. The Hall–Kier alpha value is -1.66. The smallest absolute Gasteiger partial charge is 0.209 e. The summed E-state index contributed by atoms with van der Waals surface area (Å²) < 4.78 is 16.1. The van der Waals surface area contributed by atoms with Crippen LogP contribution in [0, 0.1) is 0 Å². The van der Waals surface area contributed by atoms with Crippen molar-refractivity contribution < 1.29 is 19.0 Å². The zero-order valence-corrected chi connectivity index (χ0v) is 14.0. The van der Waals surface area contributed by atoms with E-state index in [2.05, 4.69) is 4.90 Å². The first kappa shape index (κ1) is 18.4. The zero-order valence-electron chi connectivity index (χ0n) is 13.2. The highest BCUT2D eigenvalue weighted by Crippen LogP contribution is 2.38. The summed E-state index contributed by atoms with van der Waals surface area (Å²) in [5.41, 5.74) is 1.10. The zero-order chi connectivity index (χ0) is 15.2.